The Morgan fingerprint density at radius 2 is 2.06 bits per heavy atom. The number of sulfone groups is 1. The molecule has 0 radical (unpaired) electrons. The first-order valence-electron chi connectivity index (χ1n) is 9.60. The molecule has 0 amide bonds. The second kappa shape index (κ2) is 7.20. The number of aliphatic imine (C=N–C) groups is 1. The molecule has 2 aromatic rings. The summed E-state index contributed by atoms with van der Waals surface area (Å²) in [6, 6.07) is 6.44. The SMILES string of the molecule is CC1(C)C(N)=N[C@@]2(COCc3ccc(CC(=O)c4ccn(C(F)F)n4)cc32)CS1(=O)=O. The Morgan fingerprint density at radius 1 is 1.32 bits per heavy atom. The third kappa shape index (κ3) is 3.55. The highest BCUT2D eigenvalue weighted by Gasteiger charge is 2.52. The number of fused-ring (bicyclic) bond motifs is 2. The van der Waals surface area contributed by atoms with Gasteiger partial charge >= 0.3 is 6.55 Å². The maximum Gasteiger partial charge on any atom is 0.333 e. The molecule has 0 unspecified atom stereocenters. The number of nitrogens with zero attached hydrogens (tertiary/aromatic N) is 3. The van der Waals surface area contributed by atoms with Crippen molar-refractivity contribution in [1.82, 2.24) is 9.78 Å². The van der Waals surface area contributed by atoms with E-state index in [-0.39, 0.29) is 36.9 Å². The van der Waals surface area contributed by atoms with Crippen molar-refractivity contribution in [2.24, 2.45) is 10.7 Å². The quantitative estimate of drug-likeness (QED) is 0.709. The fourth-order valence-electron chi connectivity index (χ4n) is 3.84. The Bertz CT molecular complexity index is 1190. The molecule has 2 aliphatic rings. The van der Waals surface area contributed by atoms with Crippen molar-refractivity contribution >= 4 is 21.5 Å². The minimum Gasteiger partial charge on any atom is -0.386 e. The number of carbonyl (C=O) groups is 1. The van der Waals surface area contributed by atoms with E-state index < -0.39 is 32.5 Å². The van der Waals surface area contributed by atoms with Crippen LogP contribution in [0.2, 0.25) is 0 Å². The molecule has 2 N–H and O–H groups in total. The lowest BCUT2D eigenvalue weighted by Crippen LogP contribution is -2.57. The van der Waals surface area contributed by atoms with Crippen molar-refractivity contribution in [3.05, 3.63) is 52.8 Å². The molecule has 1 aromatic heterocycles. The van der Waals surface area contributed by atoms with E-state index in [1.54, 1.807) is 18.2 Å². The van der Waals surface area contributed by atoms with Crippen molar-refractivity contribution in [3.63, 3.8) is 0 Å². The predicted molar refractivity (Wildman–Crippen MR) is 109 cm³/mol. The standard InChI is InChI=1S/C20H22F2N4O4S/c1-19(2)17(23)24-20(11-31(19,28)29)10-30-9-13-4-3-12(7-14(13)20)8-16(27)15-5-6-26(25-15)18(21)22/h3-7,18H,8-11H2,1-2H3,(H2,23,24)/t20-/m0/s1. The van der Waals surface area contributed by atoms with Crippen LogP contribution in [0.3, 0.4) is 0 Å². The summed E-state index contributed by atoms with van der Waals surface area (Å²) in [6.45, 7) is 0.541. The minimum absolute atomic E-state index is 0.00854. The van der Waals surface area contributed by atoms with Crippen LogP contribution in [-0.4, -0.2) is 46.9 Å². The number of carbonyl (C=O) groups excluding carboxylic acids is 1. The van der Waals surface area contributed by atoms with Gasteiger partial charge < -0.3 is 10.5 Å². The fourth-order valence-corrected chi connectivity index (χ4v) is 5.49. The summed E-state index contributed by atoms with van der Waals surface area (Å²) < 4.78 is 56.1. The molecule has 1 spiro atoms. The van der Waals surface area contributed by atoms with Gasteiger partial charge in [0.2, 0.25) is 0 Å². The van der Waals surface area contributed by atoms with Crippen LogP contribution in [0, 0.1) is 0 Å². The first kappa shape index (κ1) is 21.6. The lowest BCUT2D eigenvalue weighted by molar-refractivity contribution is 0.0560. The maximum atomic E-state index is 13.0. The number of benzene rings is 1. The van der Waals surface area contributed by atoms with Crippen molar-refractivity contribution in [2.45, 2.75) is 43.7 Å². The van der Waals surface area contributed by atoms with Crippen LogP contribution < -0.4 is 5.73 Å². The maximum absolute atomic E-state index is 13.0. The van der Waals surface area contributed by atoms with E-state index in [9.17, 15) is 22.0 Å². The van der Waals surface area contributed by atoms with Gasteiger partial charge in [-0.05, 0) is 36.6 Å². The highest BCUT2D eigenvalue weighted by atomic mass is 32.2. The topological polar surface area (TPSA) is 117 Å². The molecule has 0 saturated carbocycles. The van der Waals surface area contributed by atoms with Crippen LogP contribution in [0.25, 0.3) is 0 Å². The number of hydrogen-bond acceptors (Lipinski definition) is 7. The molecule has 0 aliphatic carbocycles. The number of ketones is 1. The molecule has 0 fully saturated rings. The van der Waals surface area contributed by atoms with E-state index in [0.717, 1.165) is 11.8 Å². The lowest BCUT2D eigenvalue weighted by atomic mass is 9.85. The Morgan fingerprint density at radius 3 is 2.71 bits per heavy atom. The van der Waals surface area contributed by atoms with E-state index in [0.29, 0.717) is 15.8 Å². The van der Waals surface area contributed by atoms with Gasteiger partial charge in [-0.2, -0.15) is 13.9 Å². The Balaban J connectivity index is 1.70. The van der Waals surface area contributed by atoms with Gasteiger partial charge in [0.05, 0.1) is 19.0 Å². The van der Waals surface area contributed by atoms with Gasteiger partial charge in [0, 0.05) is 12.6 Å². The summed E-state index contributed by atoms with van der Waals surface area (Å²) in [6.07, 6.45) is 0.963. The zero-order chi connectivity index (χ0) is 22.6. The lowest BCUT2D eigenvalue weighted by Gasteiger charge is -2.42. The first-order valence-corrected chi connectivity index (χ1v) is 11.3. The number of halogens is 2. The molecule has 0 saturated heterocycles. The number of alkyl halides is 2. The number of nitrogens with two attached hydrogens (primary N) is 1. The zero-order valence-corrected chi connectivity index (χ0v) is 17.8. The van der Waals surface area contributed by atoms with Crippen molar-refractivity contribution in [2.75, 3.05) is 12.4 Å². The number of rotatable bonds is 4. The molecular weight excluding hydrogens is 430 g/mol. The van der Waals surface area contributed by atoms with Gasteiger partial charge in [-0.15, -0.1) is 0 Å². The molecule has 2 aliphatic heterocycles. The van der Waals surface area contributed by atoms with Crippen LogP contribution in [0.1, 0.15) is 47.6 Å². The molecule has 3 heterocycles. The van der Waals surface area contributed by atoms with Gasteiger partial charge in [-0.25, -0.2) is 13.1 Å². The summed E-state index contributed by atoms with van der Waals surface area (Å²) in [4.78, 5) is 17.1. The number of hydrogen-bond donors (Lipinski definition) is 1. The van der Waals surface area contributed by atoms with E-state index in [1.807, 2.05) is 0 Å². The van der Waals surface area contributed by atoms with Gasteiger partial charge in [0.15, 0.2) is 15.6 Å². The fraction of sp³-hybridized carbons (Fsp3) is 0.450. The van der Waals surface area contributed by atoms with Crippen molar-refractivity contribution < 1.29 is 26.7 Å². The highest BCUT2D eigenvalue weighted by molar-refractivity contribution is 7.93. The second-order valence-electron chi connectivity index (χ2n) is 8.34. The van der Waals surface area contributed by atoms with Crippen LogP contribution in [0.4, 0.5) is 8.78 Å². The van der Waals surface area contributed by atoms with Crippen LogP contribution in [0.15, 0.2) is 35.5 Å². The Hall–Kier alpha value is -2.66. The van der Waals surface area contributed by atoms with Gasteiger partial charge in [-0.3, -0.25) is 9.79 Å². The molecule has 1 aromatic carbocycles. The molecule has 8 nitrogen and oxygen atoms in total. The van der Waals surface area contributed by atoms with Gasteiger partial charge in [0.1, 0.15) is 21.8 Å². The molecule has 166 valence electrons. The molecular formula is C20H22F2N4O4S. The summed E-state index contributed by atoms with van der Waals surface area (Å²) in [5.41, 5.74) is 6.79. The molecule has 4 rings (SSSR count). The minimum atomic E-state index is -3.63. The molecule has 0 bridgehead atoms. The molecule has 1 atom stereocenters. The number of ether oxygens (including phenoxy) is 1. The third-order valence-corrected chi connectivity index (χ3v) is 8.51. The van der Waals surface area contributed by atoms with Crippen LogP contribution in [0.5, 0.6) is 0 Å². The summed E-state index contributed by atoms with van der Waals surface area (Å²) in [5, 5.41) is 3.60. The molecule has 11 heteroatoms. The zero-order valence-electron chi connectivity index (χ0n) is 17.0. The average molecular weight is 452 g/mol. The number of Topliss-reactive ketones (excluding diaryl/α,β-unsaturated/α-hetero) is 1. The van der Waals surface area contributed by atoms with E-state index in [4.69, 9.17) is 10.5 Å². The highest BCUT2D eigenvalue weighted by Crippen LogP contribution is 2.41. The smallest absolute Gasteiger partial charge is 0.333 e. The number of amidine groups is 1. The largest absolute Gasteiger partial charge is 0.386 e. The Labute approximate surface area is 178 Å². The van der Waals surface area contributed by atoms with Crippen LogP contribution >= 0.6 is 0 Å². The van der Waals surface area contributed by atoms with Crippen molar-refractivity contribution in [1.29, 1.82) is 0 Å². The summed E-state index contributed by atoms with van der Waals surface area (Å²) >= 11 is 0. The number of aromatic nitrogens is 2. The van der Waals surface area contributed by atoms with Gasteiger partial charge in [-0.1, -0.05) is 18.2 Å². The van der Waals surface area contributed by atoms with Crippen LogP contribution in [-0.2, 0) is 33.1 Å². The molecule has 31 heavy (non-hydrogen) atoms. The average Bonchev–Trinajstić information content (AvgIpc) is 3.18. The summed E-state index contributed by atoms with van der Waals surface area (Å²) in [7, 11) is -3.63. The third-order valence-electron chi connectivity index (χ3n) is 5.89. The second-order valence-corrected chi connectivity index (χ2v) is 10.9. The normalized spacial score (nSPS) is 24.1. The van der Waals surface area contributed by atoms with Crippen molar-refractivity contribution in [3.8, 4) is 0 Å². The monoisotopic (exact) mass is 452 g/mol. The van der Waals surface area contributed by atoms with E-state index in [2.05, 4.69) is 10.1 Å². The predicted octanol–water partition coefficient (Wildman–Crippen LogP) is 1.99. The Kier molecular flexibility index (Phi) is 5.01. The summed E-state index contributed by atoms with van der Waals surface area (Å²) in [5.74, 6) is -0.688. The van der Waals surface area contributed by atoms with E-state index >= 15 is 0 Å². The van der Waals surface area contributed by atoms with E-state index in [1.165, 1.54) is 19.9 Å². The first-order chi connectivity index (χ1) is 14.4. The van der Waals surface area contributed by atoms with Gasteiger partial charge in [0.25, 0.3) is 0 Å².